The lowest BCUT2D eigenvalue weighted by molar-refractivity contribution is -0.146. The topological polar surface area (TPSA) is 66.6 Å². The molecule has 0 aromatic heterocycles. The van der Waals surface area contributed by atoms with Crippen LogP contribution in [0.4, 0.5) is 0 Å². The molecule has 84 valence electrons. The van der Waals surface area contributed by atoms with Gasteiger partial charge in [-0.1, -0.05) is 0 Å². The van der Waals surface area contributed by atoms with E-state index in [1.165, 1.54) is 0 Å². The van der Waals surface area contributed by atoms with Crippen LogP contribution in [0.25, 0.3) is 0 Å². The van der Waals surface area contributed by atoms with Gasteiger partial charge in [0.05, 0.1) is 12.6 Å². The van der Waals surface area contributed by atoms with E-state index in [9.17, 15) is 9.59 Å². The standard InChI is InChI=1S/C10H17N3O2/c1-7(11)10(15)12-4-5-13(8-2-3-8)9(14)6-12/h7-8H,2-6,11H2,1H3/t7-/m1/s1. The third-order valence-corrected chi connectivity index (χ3v) is 2.95. The Balaban J connectivity index is 1.93. The summed E-state index contributed by atoms with van der Waals surface area (Å²) in [6.45, 7) is 3.15. The predicted octanol–water partition coefficient (Wildman–Crippen LogP) is -0.833. The van der Waals surface area contributed by atoms with Gasteiger partial charge in [-0.15, -0.1) is 0 Å². The predicted molar refractivity (Wildman–Crippen MR) is 55.0 cm³/mol. The zero-order chi connectivity index (χ0) is 11.0. The van der Waals surface area contributed by atoms with E-state index in [-0.39, 0.29) is 18.4 Å². The van der Waals surface area contributed by atoms with Crippen molar-refractivity contribution in [3.8, 4) is 0 Å². The number of hydrogen-bond acceptors (Lipinski definition) is 3. The molecule has 5 heteroatoms. The molecule has 1 saturated carbocycles. The van der Waals surface area contributed by atoms with Crippen LogP contribution in [0.15, 0.2) is 0 Å². The van der Waals surface area contributed by atoms with Gasteiger partial charge < -0.3 is 15.5 Å². The lowest BCUT2D eigenvalue weighted by Crippen LogP contribution is -2.55. The van der Waals surface area contributed by atoms with Crippen LogP contribution in [0.3, 0.4) is 0 Å². The van der Waals surface area contributed by atoms with E-state index in [4.69, 9.17) is 5.73 Å². The molecule has 1 atom stereocenters. The van der Waals surface area contributed by atoms with Crippen molar-refractivity contribution >= 4 is 11.8 Å². The zero-order valence-electron chi connectivity index (χ0n) is 8.98. The zero-order valence-corrected chi connectivity index (χ0v) is 8.98. The molecule has 15 heavy (non-hydrogen) atoms. The summed E-state index contributed by atoms with van der Waals surface area (Å²) >= 11 is 0. The van der Waals surface area contributed by atoms with Gasteiger partial charge in [0.25, 0.3) is 0 Å². The van der Waals surface area contributed by atoms with Gasteiger partial charge >= 0.3 is 0 Å². The Morgan fingerprint density at radius 1 is 1.47 bits per heavy atom. The Morgan fingerprint density at radius 3 is 2.60 bits per heavy atom. The molecule has 0 bridgehead atoms. The molecule has 2 amide bonds. The summed E-state index contributed by atoms with van der Waals surface area (Å²) in [6.07, 6.45) is 2.24. The van der Waals surface area contributed by atoms with Crippen molar-refractivity contribution in [1.82, 2.24) is 9.80 Å². The molecule has 1 aliphatic heterocycles. The second kappa shape index (κ2) is 3.81. The minimum atomic E-state index is -0.509. The van der Waals surface area contributed by atoms with E-state index in [0.29, 0.717) is 19.1 Å². The van der Waals surface area contributed by atoms with Gasteiger partial charge in [0.2, 0.25) is 11.8 Å². The van der Waals surface area contributed by atoms with E-state index in [1.807, 2.05) is 4.90 Å². The molecule has 0 radical (unpaired) electrons. The normalized spacial score (nSPS) is 24.3. The largest absolute Gasteiger partial charge is 0.336 e. The van der Waals surface area contributed by atoms with Crippen LogP contribution < -0.4 is 5.73 Å². The van der Waals surface area contributed by atoms with Crippen LogP contribution in [0.5, 0.6) is 0 Å². The van der Waals surface area contributed by atoms with E-state index < -0.39 is 6.04 Å². The number of nitrogens with zero attached hydrogens (tertiary/aromatic N) is 2. The highest BCUT2D eigenvalue weighted by Gasteiger charge is 2.37. The Morgan fingerprint density at radius 2 is 2.13 bits per heavy atom. The highest BCUT2D eigenvalue weighted by Crippen LogP contribution is 2.27. The third-order valence-electron chi connectivity index (χ3n) is 2.95. The molecule has 1 saturated heterocycles. The third kappa shape index (κ3) is 2.12. The molecular weight excluding hydrogens is 194 g/mol. The number of nitrogens with two attached hydrogens (primary N) is 1. The number of carbonyl (C=O) groups is 2. The van der Waals surface area contributed by atoms with Crippen LogP contribution in [0, 0.1) is 0 Å². The molecule has 1 heterocycles. The van der Waals surface area contributed by atoms with Crippen LogP contribution >= 0.6 is 0 Å². The van der Waals surface area contributed by atoms with Gasteiger partial charge in [-0.25, -0.2) is 0 Å². The van der Waals surface area contributed by atoms with Crippen molar-refractivity contribution in [3.05, 3.63) is 0 Å². The van der Waals surface area contributed by atoms with Gasteiger partial charge in [0.1, 0.15) is 0 Å². The first kappa shape index (κ1) is 10.4. The summed E-state index contributed by atoms with van der Waals surface area (Å²) in [7, 11) is 0. The Hall–Kier alpha value is -1.10. The van der Waals surface area contributed by atoms with Gasteiger partial charge in [0.15, 0.2) is 0 Å². The van der Waals surface area contributed by atoms with E-state index in [0.717, 1.165) is 12.8 Å². The van der Waals surface area contributed by atoms with Crippen LogP contribution in [0.2, 0.25) is 0 Å². The van der Waals surface area contributed by atoms with Gasteiger partial charge in [-0.2, -0.15) is 0 Å². The molecule has 2 fully saturated rings. The van der Waals surface area contributed by atoms with Crippen molar-refractivity contribution < 1.29 is 9.59 Å². The molecule has 5 nitrogen and oxygen atoms in total. The van der Waals surface area contributed by atoms with Gasteiger partial charge in [-0.3, -0.25) is 9.59 Å². The first-order valence-electron chi connectivity index (χ1n) is 5.43. The molecule has 0 aromatic carbocycles. The quantitative estimate of drug-likeness (QED) is 0.648. The monoisotopic (exact) mass is 211 g/mol. The molecule has 2 rings (SSSR count). The van der Waals surface area contributed by atoms with E-state index in [1.54, 1.807) is 11.8 Å². The van der Waals surface area contributed by atoms with Gasteiger partial charge in [0, 0.05) is 19.1 Å². The van der Waals surface area contributed by atoms with Crippen LogP contribution in [0.1, 0.15) is 19.8 Å². The number of hydrogen-bond donors (Lipinski definition) is 1. The maximum Gasteiger partial charge on any atom is 0.242 e. The molecule has 0 spiro atoms. The fraction of sp³-hybridized carbons (Fsp3) is 0.800. The summed E-state index contributed by atoms with van der Waals surface area (Å²) < 4.78 is 0. The molecule has 2 aliphatic rings. The Bertz CT molecular complexity index is 286. The van der Waals surface area contributed by atoms with E-state index >= 15 is 0 Å². The van der Waals surface area contributed by atoms with Crippen molar-refractivity contribution in [3.63, 3.8) is 0 Å². The average molecular weight is 211 g/mol. The summed E-state index contributed by atoms with van der Waals surface area (Å²) in [5.41, 5.74) is 5.50. The Labute approximate surface area is 89.2 Å². The highest BCUT2D eigenvalue weighted by molar-refractivity contribution is 5.88. The maximum absolute atomic E-state index is 11.7. The Kier molecular flexibility index (Phi) is 2.65. The summed E-state index contributed by atoms with van der Waals surface area (Å²) in [5.74, 6) is -0.0588. The fourth-order valence-electron chi connectivity index (χ4n) is 1.93. The number of amides is 2. The molecular formula is C10H17N3O2. The fourth-order valence-corrected chi connectivity index (χ4v) is 1.93. The molecule has 0 aromatic rings. The molecule has 2 N–H and O–H groups in total. The van der Waals surface area contributed by atoms with Crippen molar-refractivity contribution in [1.29, 1.82) is 0 Å². The number of piperazine rings is 1. The lowest BCUT2D eigenvalue weighted by Gasteiger charge is -2.35. The minimum Gasteiger partial charge on any atom is -0.336 e. The average Bonchev–Trinajstić information content (AvgIpc) is 3.00. The summed E-state index contributed by atoms with van der Waals surface area (Å²) in [6, 6.07) is -0.0599. The number of carbonyl (C=O) groups excluding carboxylic acids is 2. The summed E-state index contributed by atoms with van der Waals surface area (Å²) in [5, 5.41) is 0. The van der Waals surface area contributed by atoms with Crippen LogP contribution in [-0.4, -0.2) is 53.3 Å². The second-order valence-corrected chi connectivity index (χ2v) is 4.37. The first-order chi connectivity index (χ1) is 7.09. The molecule has 0 unspecified atom stereocenters. The number of rotatable bonds is 2. The highest BCUT2D eigenvalue weighted by atomic mass is 16.2. The minimum absolute atomic E-state index is 0.0674. The van der Waals surface area contributed by atoms with E-state index in [2.05, 4.69) is 0 Å². The maximum atomic E-state index is 11.7. The van der Waals surface area contributed by atoms with Crippen molar-refractivity contribution in [2.24, 2.45) is 5.73 Å². The lowest BCUT2D eigenvalue weighted by atomic mass is 10.2. The summed E-state index contributed by atoms with van der Waals surface area (Å²) in [4.78, 5) is 26.7. The SMILES string of the molecule is C[C@@H](N)C(=O)N1CCN(C2CC2)C(=O)C1. The van der Waals surface area contributed by atoms with Crippen molar-refractivity contribution in [2.75, 3.05) is 19.6 Å². The van der Waals surface area contributed by atoms with Crippen LogP contribution in [-0.2, 0) is 9.59 Å². The second-order valence-electron chi connectivity index (χ2n) is 4.37. The smallest absolute Gasteiger partial charge is 0.242 e. The van der Waals surface area contributed by atoms with Gasteiger partial charge in [-0.05, 0) is 19.8 Å². The van der Waals surface area contributed by atoms with Crippen molar-refractivity contribution in [2.45, 2.75) is 31.8 Å². The molecule has 1 aliphatic carbocycles. The first-order valence-corrected chi connectivity index (χ1v) is 5.43.